The van der Waals surface area contributed by atoms with E-state index in [1.165, 1.54) is 10.4 Å². The summed E-state index contributed by atoms with van der Waals surface area (Å²) in [6.45, 7) is 7.06. The Balaban J connectivity index is 1.84. The van der Waals surface area contributed by atoms with Gasteiger partial charge in [-0.05, 0) is 55.4 Å². The van der Waals surface area contributed by atoms with Crippen molar-refractivity contribution < 1.29 is 13.2 Å². The molecule has 1 fully saturated rings. The Hall–Kier alpha value is -2.18. The van der Waals surface area contributed by atoms with Gasteiger partial charge in [0.05, 0.1) is 10.9 Å². The first-order valence-corrected chi connectivity index (χ1v) is 11.7. The third-order valence-corrected chi connectivity index (χ3v) is 7.64. The molecule has 0 unspecified atom stereocenters. The topological polar surface area (TPSA) is 66.5 Å². The quantitative estimate of drug-likeness (QED) is 0.766. The van der Waals surface area contributed by atoms with E-state index in [9.17, 15) is 13.2 Å². The molecule has 0 spiro atoms. The van der Waals surface area contributed by atoms with Crippen molar-refractivity contribution in [2.45, 2.75) is 51.0 Å². The summed E-state index contributed by atoms with van der Waals surface area (Å²) in [6.07, 6.45) is 2.49. The van der Waals surface area contributed by atoms with Crippen molar-refractivity contribution in [3.8, 4) is 0 Å². The fraction of sp³-hybridized carbons (Fsp3) is 0.435. The second kappa shape index (κ2) is 9.09. The first kappa shape index (κ1) is 21.5. The van der Waals surface area contributed by atoms with E-state index in [4.69, 9.17) is 0 Å². The van der Waals surface area contributed by atoms with Crippen molar-refractivity contribution in [2.75, 3.05) is 13.1 Å². The van der Waals surface area contributed by atoms with E-state index in [2.05, 4.69) is 12.2 Å². The second-order valence-corrected chi connectivity index (χ2v) is 9.85. The molecule has 2 aromatic rings. The number of nitrogens with zero attached hydrogens (tertiary/aromatic N) is 1. The number of aryl methyl sites for hydroxylation is 1. The van der Waals surface area contributed by atoms with Gasteiger partial charge >= 0.3 is 0 Å². The van der Waals surface area contributed by atoms with E-state index in [0.717, 1.165) is 30.4 Å². The molecule has 0 radical (unpaired) electrons. The largest absolute Gasteiger partial charge is 0.345 e. The number of piperidine rings is 1. The number of hydrogen-bond donors (Lipinski definition) is 1. The molecule has 0 aliphatic carbocycles. The summed E-state index contributed by atoms with van der Waals surface area (Å²) in [6, 6.07) is 14.5. The molecular weight excluding hydrogens is 384 g/mol. The molecule has 1 amide bonds. The summed E-state index contributed by atoms with van der Waals surface area (Å²) in [5.41, 5.74) is 2.20. The van der Waals surface area contributed by atoms with Gasteiger partial charge in [-0.2, -0.15) is 4.31 Å². The minimum absolute atomic E-state index is 0.119. The Kier molecular flexibility index (Phi) is 6.75. The standard InChI is InChI=1S/C23H30N2O3S/c1-4-22(19-8-6-5-7-9-19)24-23(26)21-16-20(11-10-18(21)3)29(27,28)25-14-12-17(2)13-15-25/h5-11,16-17,22H,4,12-15H2,1-3H3,(H,24,26)/t22-/m1/s1. The van der Waals surface area contributed by atoms with Crippen LogP contribution in [0.2, 0.25) is 0 Å². The van der Waals surface area contributed by atoms with Crippen molar-refractivity contribution >= 4 is 15.9 Å². The van der Waals surface area contributed by atoms with Gasteiger partial charge < -0.3 is 5.32 Å². The third kappa shape index (κ3) is 4.87. The van der Waals surface area contributed by atoms with Crippen LogP contribution in [0.4, 0.5) is 0 Å². The number of benzene rings is 2. The fourth-order valence-corrected chi connectivity index (χ4v) is 5.22. The van der Waals surface area contributed by atoms with Crippen LogP contribution in [0.15, 0.2) is 53.4 Å². The van der Waals surface area contributed by atoms with Gasteiger partial charge in [0.25, 0.3) is 5.91 Å². The molecule has 1 N–H and O–H groups in total. The van der Waals surface area contributed by atoms with Crippen LogP contribution >= 0.6 is 0 Å². The monoisotopic (exact) mass is 414 g/mol. The van der Waals surface area contributed by atoms with E-state index in [1.54, 1.807) is 12.1 Å². The van der Waals surface area contributed by atoms with Gasteiger partial charge in [0.2, 0.25) is 10.0 Å². The maximum atomic E-state index is 13.1. The van der Waals surface area contributed by atoms with Crippen LogP contribution in [0, 0.1) is 12.8 Å². The molecule has 5 nitrogen and oxygen atoms in total. The predicted molar refractivity (Wildman–Crippen MR) is 115 cm³/mol. The lowest BCUT2D eigenvalue weighted by Gasteiger charge is -2.29. The van der Waals surface area contributed by atoms with Crippen LogP contribution in [0.1, 0.15) is 60.6 Å². The molecule has 1 heterocycles. The Bertz CT molecular complexity index is 949. The molecule has 156 valence electrons. The zero-order chi connectivity index (χ0) is 21.0. The zero-order valence-electron chi connectivity index (χ0n) is 17.4. The first-order valence-electron chi connectivity index (χ1n) is 10.3. The number of rotatable bonds is 6. The van der Waals surface area contributed by atoms with Gasteiger partial charge in [-0.15, -0.1) is 0 Å². The summed E-state index contributed by atoms with van der Waals surface area (Å²) >= 11 is 0. The molecule has 29 heavy (non-hydrogen) atoms. The molecule has 1 aliphatic rings. The summed E-state index contributed by atoms with van der Waals surface area (Å²) in [4.78, 5) is 13.2. The summed E-state index contributed by atoms with van der Waals surface area (Å²) in [5, 5.41) is 3.06. The van der Waals surface area contributed by atoms with Gasteiger partial charge in [-0.3, -0.25) is 4.79 Å². The lowest BCUT2D eigenvalue weighted by Crippen LogP contribution is -2.38. The van der Waals surface area contributed by atoms with Crippen molar-refractivity contribution in [2.24, 2.45) is 5.92 Å². The summed E-state index contributed by atoms with van der Waals surface area (Å²) in [5.74, 6) is 0.298. The maximum absolute atomic E-state index is 13.1. The fourth-order valence-electron chi connectivity index (χ4n) is 3.72. The lowest BCUT2D eigenvalue weighted by atomic mass is 10.0. The molecule has 3 rings (SSSR count). The minimum Gasteiger partial charge on any atom is -0.345 e. The van der Waals surface area contributed by atoms with Crippen molar-refractivity contribution in [1.29, 1.82) is 0 Å². The molecule has 2 aromatic carbocycles. The molecule has 0 saturated carbocycles. The summed E-state index contributed by atoms with van der Waals surface area (Å²) < 4.78 is 27.7. The third-order valence-electron chi connectivity index (χ3n) is 5.75. The van der Waals surface area contributed by atoms with Gasteiger partial charge in [-0.25, -0.2) is 8.42 Å². The lowest BCUT2D eigenvalue weighted by molar-refractivity contribution is 0.0934. The van der Waals surface area contributed by atoms with Crippen LogP contribution in [-0.2, 0) is 10.0 Å². The first-order chi connectivity index (χ1) is 13.8. The van der Waals surface area contributed by atoms with Crippen LogP contribution in [0.3, 0.4) is 0 Å². The van der Waals surface area contributed by atoms with Gasteiger partial charge in [-0.1, -0.05) is 50.2 Å². The highest BCUT2D eigenvalue weighted by atomic mass is 32.2. The Labute approximate surface area is 174 Å². The van der Waals surface area contributed by atoms with Crippen molar-refractivity contribution in [3.05, 3.63) is 65.2 Å². The highest BCUT2D eigenvalue weighted by Crippen LogP contribution is 2.25. The highest BCUT2D eigenvalue weighted by Gasteiger charge is 2.29. The van der Waals surface area contributed by atoms with Gasteiger partial charge in [0, 0.05) is 18.7 Å². The molecule has 1 saturated heterocycles. The smallest absolute Gasteiger partial charge is 0.252 e. The SMILES string of the molecule is CC[C@@H](NC(=O)c1cc(S(=O)(=O)N2CCC(C)CC2)ccc1C)c1ccccc1. The molecule has 6 heteroatoms. The van der Waals surface area contributed by atoms with Crippen LogP contribution in [0.5, 0.6) is 0 Å². The molecular formula is C23H30N2O3S. The number of amides is 1. The minimum atomic E-state index is -3.59. The summed E-state index contributed by atoms with van der Waals surface area (Å²) in [7, 11) is -3.59. The highest BCUT2D eigenvalue weighted by molar-refractivity contribution is 7.89. The van der Waals surface area contributed by atoms with Crippen LogP contribution < -0.4 is 5.32 Å². The van der Waals surface area contributed by atoms with Crippen LogP contribution in [0.25, 0.3) is 0 Å². The normalized spacial score (nSPS) is 17.1. The average Bonchev–Trinajstić information content (AvgIpc) is 2.73. The molecule has 0 aromatic heterocycles. The van der Waals surface area contributed by atoms with E-state index in [0.29, 0.717) is 24.6 Å². The molecule has 1 aliphatic heterocycles. The van der Waals surface area contributed by atoms with E-state index >= 15 is 0 Å². The number of hydrogen-bond acceptors (Lipinski definition) is 3. The number of nitrogens with one attached hydrogen (secondary N) is 1. The molecule has 1 atom stereocenters. The van der Waals surface area contributed by atoms with Crippen molar-refractivity contribution in [1.82, 2.24) is 9.62 Å². The molecule has 0 bridgehead atoms. The number of carbonyl (C=O) groups is 1. The van der Waals surface area contributed by atoms with E-state index in [1.807, 2.05) is 44.2 Å². The zero-order valence-corrected chi connectivity index (χ0v) is 18.2. The Morgan fingerprint density at radius 2 is 1.79 bits per heavy atom. The average molecular weight is 415 g/mol. The van der Waals surface area contributed by atoms with E-state index in [-0.39, 0.29) is 16.8 Å². The maximum Gasteiger partial charge on any atom is 0.252 e. The second-order valence-electron chi connectivity index (χ2n) is 7.91. The van der Waals surface area contributed by atoms with E-state index < -0.39 is 10.0 Å². The van der Waals surface area contributed by atoms with Gasteiger partial charge in [0.1, 0.15) is 0 Å². The van der Waals surface area contributed by atoms with Gasteiger partial charge in [0.15, 0.2) is 0 Å². The van der Waals surface area contributed by atoms with Crippen LogP contribution in [-0.4, -0.2) is 31.7 Å². The number of sulfonamides is 1. The number of carbonyl (C=O) groups excluding carboxylic acids is 1. The predicted octanol–water partition coefficient (Wildman–Crippen LogP) is 4.30. The Morgan fingerprint density at radius 3 is 2.41 bits per heavy atom. The van der Waals surface area contributed by atoms with Crippen molar-refractivity contribution in [3.63, 3.8) is 0 Å². The Morgan fingerprint density at radius 1 is 1.14 bits per heavy atom.